The first-order valence-electron chi connectivity index (χ1n) is 13.0. The number of carbonyl (C=O) groups is 2. The Bertz CT molecular complexity index is 1460. The molecule has 38 heavy (non-hydrogen) atoms. The lowest BCUT2D eigenvalue weighted by molar-refractivity contribution is -0.132. The van der Waals surface area contributed by atoms with Crippen LogP contribution in [0.3, 0.4) is 0 Å². The number of hydrogen-bond donors (Lipinski definition) is 1. The van der Waals surface area contributed by atoms with Crippen LogP contribution in [0, 0.1) is 0 Å². The van der Waals surface area contributed by atoms with Gasteiger partial charge >= 0.3 is 0 Å². The van der Waals surface area contributed by atoms with Crippen LogP contribution in [-0.4, -0.2) is 29.7 Å². The molecule has 3 aromatic rings. The minimum atomic E-state index is -0.834. The summed E-state index contributed by atoms with van der Waals surface area (Å²) in [6.07, 6.45) is 4.19. The van der Waals surface area contributed by atoms with Crippen LogP contribution in [0.1, 0.15) is 55.0 Å². The molecule has 3 aromatic carbocycles. The predicted octanol–water partition coefficient (Wildman–Crippen LogP) is 5.71. The number of benzene rings is 3. The van der Waals surface area contributed by atoms with Gasteiger partial charge in [0, 0.05) is 17.3 Å². The van der Waals surface area contributed by atoms with E-state index in [1.54, 1.807) is 18.2 Å². The number of anilines is 1. The van der Waals surface area contributed by atoms with Crippen molar-refractivity contribution in [3.8, 4) is 17.2 Å². The number of rotatable bonds is 5. The van der Waals surface area contributed by atoms with Gasteiger partial charge in [-0.2, -0.15) is 0 Å². The maximum atomic E-state index is 13.5. The van der Waals surface area contributed by atoms with Crippen LogP contribution < -0.4 is 19.1 Å². The number of carbonyl (C=O) groups excluding carboxylic acids is 2. The van der Waals surface area contributed by atoms with Crippen molar-refractivity contribution < 1.29 is 28.9 Å². The van der Waals surface area contributed by atoms with E-state index >= 15 is 0 Å². The molecule has 7 heteroatoms. The average molecular weight is 512 g/mol. The highest BCUT2D eigenvalue weighted by molar-refractivity contribution is 6.51. The molecule has 0 saturated carbocycles. The van der Waals surface area contributed by atoms with Gasteiger partial charge in [0.05, 0.1) is 17.7 Å². The highest BCUT2D eigenvalue weighted by Crippen LogP contribution is 2.45. The lowest BCUT2D eigenvalue weighted by atomic mass is 9.88. The number of Topliss-reactive ketones (excluding diaryl/α,β-unsaturated/α-hetero) is 1. The van der Waals surface area contributed by atoms with Gasteiger partial charge in [0.1, 0.15) is 11.5 Å². The number of ether oxygens (including phenoxy) is 3. The Morgan fingerprint density at radius 1 is 0.921 bits per heavy atom. The second kappa shape index (κ2) is 9.56. The third kappa shape index (κ3) is 4.18. The molecule has 1 atom stereocenters. The zero-order chi connectivity index (χ0) is 26.4. The Hall–Kier alpha value is -4.26. The number of aliphatic hydroxyl groups is 1. The van der Waals surface area contributed by atoms with Gasteiger partial charge in [-0.1, -0.05) is 24.3 Å². The van der Waals surface area contributed by atoms with Crippen LogP contribution in [-0.2, 0) is 22.4 Å². The van der Waals surface area contributed by atoms with Crippen molar-refractivity contribution in [1.29, 1.82) is 0 Å². The SMILES string of the molecule is CC(C)Oc1ccc(C2/C(=C(/O)c3ccc4c(c3)CCCC4)C(=O)C(=O)N2c2ccc3c(c2)OCO3)cc1. The molecule has 1 fully saturated rings. The molecular formula is C31H29NO6. The van der Waals surface area contributed by atoms with Crippen LogP contribution in [0.25, 0.3) is 5.76 Å². The van der Waals surface area contributed by atoms with E-state index in [1.165, 1.54) is 16.0 Å². The molecule has 0 aromatic heterocycles. The maximum Gasteiger partial charge on any atom is 0.300 e. The molecule has 194 valence electrons. The number of nitrogens with zero attached hydrogens (tertiary/aromatic N) is 1. The summed E-state index contributed by atoms with van der Waals surface area (Å²) in [5, 5.41) is 11.5. The van der Waals surface area contributed by atoms with E-state index in [2.05, 4.69) is 0 Å². The highest BCUT2D eigenvalue weighted by atomic mass is 16.7. The minimum absolute atomic E-state index is 0.00382. The fourth-order valence-electron chi connectivity index (χ4n) is 5.49. The Labute approximate surface area is 221 Å². The van der Waals surface area contributed by atoms with Gasteiger partial charge in [-0.3, -0.25) is 14.5 Å². The molecule has 1 N–H and O–H groups in total. The van der Waals surface area contributed by atoms with E-state index in [9.17, 15) is 14.7 Å². The van der Waals surface area contributed by atoms with Crippen LogP contribution in [0.2, 0.25) is 0 Å². The topological polar surface area (TPSA) is 85.3 Å². The quantitative estimate of drug-likeness (QED) is 0.268. The van der Waals surface area contributed by atoms with Crippen molar-refractivity contribution in [3.05, 3.63) is 88.5 Å². The van der Waals surface area contributed by atoms with Crippen molar-refractivity contribution in [3.63, 3.8) is 0 Å². The highest BCUT2D eigenvalue weighted by Gasteiger charge is 2.47. The molecule has 1 unspecified atom stereocenters. The summed E-state index contributed by atoms with van der Waals surface area (Å²) in [6, 6.07) is 17.4. The van der Waals surface area contributed by atoms with E-state index in [4.69, 9.17) is 14.2 Å². The molecule has 1 saturated heterocycles. The van der Waals surface area contributed by atoms with Crippen LogP contribution in [0.5, 0.6) is 17.2 Å². The van der Waals surface area contributed by atoms with Gasteiger partial charge in [0.25, 0.3) is 11.7 Å². The van der Waals surface area contributed by atoms with E-state index in [0.717, 1.165) is 25.7 Å². The standard InChI is InChI=1S/C31H29NO6/c1-18(2)38-24-12-9-20(10-13-24)28-27(29(33)22-8-7-19-5-3-4-6-21(19)15-22)30(34)31(35)32(28)23-11-14-25-26(16-23)37-17-36-25/h7-16,18,28,33H,3-6,17H2,1-2H3/b29-27-. The van der Waals surface area contributed by atoms with Crippen molar-refractivity contribution >= 4 is 23.1 Å². The summed E-state index contributed by atoms with van der Waals surface area (Å²) in [6.45, 7) is 3.98. The second-order valence-corrected chi connectivity index (χ2v) is 10.1. The molecule has 0 radical (unpaired) electrons. The van der Waals surface area contributed by atoms with Gasteiger partial charge in [-0.25, -0.2) is 0 Å². The van der Waals surface area contributed by atoms with Crippen LogP contribution in [0.4, 0.5) is 5.69 Å². The van der Waals surface area contributed by atoms with Crippen molar-refractivity contribution in [2.24, 2.45) is 0 Å². The lowest BCUT2D eigenvalue weighted by Gasteiger charge is -2.26. The summed E-state index contributed by atoms with van der Waals surface area (Å²) >= 11 is 0. The first-order chi connectivity index (χ1) is 18.4. The summed E-state index contributed by atoms with van der Waals surface area (Å²) in [5.74, 6) is 0.136. The van der Waals surface area contributed by atoms with Crippen molar-refractivity contribution in [1.82, 2.24) is 0 Å². The summed E-state index contributed by atoms with van der Waals surface area (Å²) < 4.78 is 16.7. The maximum absolute atomic E-state index is 13.5. The molecule has 1 aliphatic carbocycles. The van der Waals surface area contributed by atoms with Gasteiger partial charge < -0.3 is 19.3 Å². The fraction of sp³-hybridized carbons (Fsp3) is 0.290. The number of aliphatic hydroxyl groups excluding tert-OH is 1. The lowest BCUT2D eigenvalue weighted by Crippen LogP contribution is -2.29. The van der Waals surface area contributed by atoms with Gasteiger partial charge in [0.15, 0.2) is 11.5 Å². The van der Waals surface area contributed by atoms with E-state index in [0.29, 0.717) is 34.1 Å². The normalized spacial score (nSPS) is 19.7. The zero-order valence-corrected chi connectivity index (χ0v) is 21.4. The number of fused-ring (bicyclic) bond motifs is 2. The van der Waals surface area contributed by atoms with E-state index < -0.39 is 17.7 Å². The zero-order valence-electron chi connectivity index (χ0n) is 21.4. The average Bonchev–Trinajstić information content (AvgIpc) is 3.50. The molecular weight excluding hydrogens is 482 g/mol. The molecule has 2 heterocycles. The largest absolute Gasteiger partial charge is 0.507 e. The Morgan fingerprint density at radius 3 is 2.42 bits per heavy atom. The summed E-state index contributed by atoms with van der Waals surface area (Å²) in [7, 11) is 0. The minimum Gasteiger partial charge on any atom is -0.507 e. The van der Waals surface area contributed by atoms with Crippen molar-refractivity contribution in [2.75, 3.05) is 11.7 Å². The number of hydrogen-bond acceptors (Lipinski definition) is 6. The molecule has 7 nitrogen and oxygen atoms in total. The monoisotopic (exact) mass is 511 g/mol. The number of amides is 1. The molecule has 3 aliphatic rings. The molecule has 6 rings (SSSR count). The number of aryl methyl sites for hydroxylation is 2. The summed E-state index contributed by atoms with van der Waals surface area (Å²) in [4.78, 5) is 28.5. The van der Waals surface area contributed by atoms with Crippen LogP contribution in [0.15, 0.2) is 66.2 Å². The summed E-state index contributed by atoms with van der Waals surface area (Å²) in [5.41, 5.74) is 4.20. The Kier molecular flexibility index (Phi) is 6.06. The van der Waals surface area contributed by atoms with Gasteiger partial charge in [-0.05, 0) is 86.6 Å². The predicted molar refractivity (Wildman–Crippen MR) is 143 cm³/mol. The second-order valence-electron chi connectivity index (χ2n) is 10.1. The molecule has 2 aliphatic heterocycles. The van der Waals surface area contributed by atoms with Gasteiger partial charge in [-0.15, -0.1) is 0 Å². The van der Waals surface area contributed by atoms with Crippen molar-refractivity contribution in [2.45, 2.75) is 51.7 Å². The van der Waals surface area contributed by atoms with Gasteiger partial charge in [0.2, 0.25) is 6.79 Å². The van der Waals surface area contributed by atoms with Crippen LogP contribution >= 0.6 is 0 Å². The molecule has 0 spiro atoms. The number of ketones is 1. The Balaban J connectivity index is 1.49. The first kappa shape index (κ1) is 24.1. The van der Waals surface area contributed by atoms with E-state index in [-0.39, 0.29) is 24.2 Å². The third-order valence-electron chi connectivity index (χ3n) is 7.27. The smallest absolute Gasteiger partial charge is 0.300 e. The molecule has 1 amide bonds. The Morgan fingerprint density at radius 2 is 1.66 bits per heavy atom. The fourth-order valence-corrected chi connectivity index (χ4v) is 5.49. The van der Waals surface area contributed by atoms with E-state index in [1.807, 2.05) is 56.3 Å². The molecule has 0 bridgehead atoms. The third-order valence-corrected chi connectivity index (χ3v) is 7.27. The first-order valence-corrected chi connectivity index (χ1v) is 13.0.